The number of aliphatic imine (C=N–C) groups is 1. The van der Waals surface area contributed by atoms with Crippen LogP contribution in [0.25, 0.3) is 16.5 Å². The predicted octanol–water partition coefficient (Wildman–Crippen LogP) is 5.54. The number of aromatic nitrogens is 1. The molecule has 0 atom stereocenters. The molecule has 0 radical (unpaired) electrons. The number of hydrogen-bond acceptors (Lipinski definition) is 2. The van der Waals surface area contributed by atoms with E-state index >= 15 is 0 Å². The Morgan fingerprint density at radius 3 is 2.92 bits per heavy atom. The molecule has 1 aliphatic rings. The van der Waals surface area contributed by atoms with E-state index in [-0.39, 0.29) is 0 Å². The Kier molecular flexibility index (Phi) is 3.12. The fourth-order valence-corrected chi connectivity index (χ4v) is 3.68. The maximum atomic E-state index is 6.23. The van der Waals surface area contributed by atoms with Crippen molar-refractivity contribution in [2.24, 2.45) is 4.99 Å². The van der Waals surface area contributed by atoms with E-state index in [1.165, 1.54) is 5.56 Å². The van der Waals surface area contributed by atoms with Gasteiger partial charge in [0.15, 0.2) is 5.76 Å². The summed E-state index contributed by atoms with van der Waals surface area (Å²) in [5.74, 6) is 0.817. The van der Waals surface area contributed by atoms with Crippen LogP contribution in [0.3, 0.4) is 0 Å². The fraction of sp³-hybridized carbons (Fsp3) is 0.0952. The molecule has 2 aromatic carbocycles. The highest BCUT2D eigenvalue weighted by atomic mass is 35.5. The van der Waals surface area contributed by atoms with Crippen LogP contribution in [0.1, 0.15) is 22.6 Å². The van der Waals surface area contributed by atoms with E-state index in [9.17, 15) is 0 Å². The second kappa shape index (κ2) is 5.36. The van der Waals surface area contributed by atoms with Crippen LogP contribution in [0.15, 0.2) is 70.4 Å². The van der Waals surface area contributed by atoms with Crippen LogP contribution in [-0.4, -0.2) is 10.3 Å². The van der Waals surface area contributed by atoms with Crippen LogP contribution in [0, 0.1) is 6.92 Å². The number of fused-ring (bicyclic) bond motifs is 4. The van der Waals surface area contributed by atoms with E-state index in [4.69, 9.17) is 21.0 Å². The third kappa shape index (κ3) is 2.16. The lowest BCUT2D eigenvalue weighted by Gasteiger charge is -2.10. The molecule has 2 aromatic heterocycles. The van der Waals surface area contributed by atoms with Gasteiger partial charge in [0.1, 0.15) is 5.71 Å². The third-order valence-corrected chi connectivity index (χ3v) is 5.02. The molecule has 0 saturated carbocycles. The zero-order valence-corrected chi connectivity index (χ0v) is 14.4. The molecule has 1 aliphatic heterocycles. The minimum atomic E-state index is 0.595. The number of halogens is 1. The van der Waals surface area contributed by atoms with Gasteiger partial charge in [-0.05, 0) is 42.3 Å². The Hall–Kier alpha value is -2.78. The van der Waals surface area contributed by atoms with E-state index in [2.05, 4.69) is 35.8 Å². The van der Waals surface area contributed by atoms with E-state index in [1.54, 1.807) is 0 Å². The highest BCUT2D eigenvalue weighted by Gasteiger charge is 2.22. The molecule has 0 spiro atoms. The molecule has 122 valence electrons. The number of furan rings is 1. The highest BCUT2D eigenvalue weighted by Crippen LogP contribution is 2.31. The maximum Gasteiger partial charge on any atom is 0.161 e. The number of benzene rings is 2. The van der Waals surface area contributed by atoms with Crippen molar-refractivity contribution in [3.05, 3.63) is 88.6 Å². The second-order valence-corrected chi connectivity index (χ2v) is 6.74. The average molecular weight is 347 g/mol. The van der Waals surface area contributed by atoms with Gasteiger partial charge in [-0.3, -0.25) is 4.99 Å². The Morgan fingerprint density at radius 2 is 2.00 bits per heavy atom. The topological polar surface area (TPSA) is 30.4 Å². The van der Waals surface area contributed by atoms with Gasteiger partial charge >= 0.3 is 0 Å². The zero-order valence-electron chi connectivity index (χ0n) is 13.7. The van der Waals surface area contributed by atoms with Crippen molar-refractivity contribution in [2.45, 2.75) is 13.5 Å². The van der Waals surface area contributed by atoms with Gasteiger partial charge in [-0.25, -0.2) is 0 Å². The van der Waals surface area contributed by atoms with Gasteiger partial charge in [-0.15, -0.1) is 0 Å². The van der Waals surface area contributed by atoms with E-state index < -0.39 is 0 Å². The van der Waals surface area contributed by atoms with Crippen molar-refractivity contribution in [1.82, 2.24) is 4.57 Å². The largest absolute Gasteiger partial charge is 0.461 e. The van der Waals surface area contributed by atoms with Gasteiger partial charge in [-0.1, -0.05) is 35.9 Å². The zero-order chi connectivity index (χ0) is 17.0. The quantitative estimate of drug-likeness (QED) is 0.445. The van der Waals surface area contributed by atoms with Crippen LogP contribution in [0.5, 0.6) is 0 Å². The van der Waals surface area contributed by atoms with E-state index in [0.29, 0.717) is 6.54 Å². The Morgan fingerprint density at radius 1 is 1.08 bits per heavy atom. The number of hydrogen-bond donors (Lipinski definition) is 0. The van der Waals surface area contributed by atoms with Crippen LogP contribution in [0.2, 0.25) is 5.02 Å². The van der Waals surface area contributed by atoms with Gasteiger partial charge in [-0.2, -0.15) is 0 Å². The molecule has 0 amide bonds. The van der Waals surface area contributed by atoms with Crippen LogP contribution < -0.4 is 0 Å². The fourth-order valence-electron chi connectivity index (χ4n) is 3.51. The number of aryl methyl sites for hydroxylation is 1. The molecule has 4 aromatic rings. The minimum Gasteiger partial charge on any atom is -0.461 e. The summed E-state index contributed by atoms with van der Waals surface area (Å²) in [7, 11) is 0. The van der Waals surface area contributed by atoms with E-state index in [1.807, 2.05) is 36.7 Å². The lowest BCUT2D eigenvalue weighted by atomic mass is 10.1. The summed E-state index contributed by atoms with van der Waals surface area (Å²) < 4.78 is 8.11. The molecular formula is C21H15ClN2O. The first-order chi connectivity index (χ1) is 12.2. The van der Waals surface area contributed by atoms with E-state index in [0.717, 1.165) is 44.2 Å². The molecule has 0 bridgehead atoms. The molecule has 0 aliphatic carbocycles. The average Bonchev–Trinajstić information content (AvgIpc) is 3.22. The summed E-state index contributed by atoms with van der Waals surface area (Å²) in [6.07, 6.45) is 3.87. The molecule has 4 heteroatoms. The predicted molar refractivity (Wildman–Crippen MR) is 101 cm³/mol. The monoisotopic (exact) mass is 346 g/mol. The van der Waals surface area contributed by atoms with Crippen molar-refractivity contribution in [2.75, 3.05) is 0 Å². The maximum absolute atomic E-state index is 6.23. The van der Waals surface area contributed by atoms with Crippen molar-refractivity contribution < 1.29 is 4.42 Å². The summed E-state index contributed by atoms with van der Waals surface area (Å²) >= 11 is 6.23. The lowest BCUT2D eigenvalue weighted by molar-refractivity contribution is 0.562. The summed E-state index contributed by atoms with van der Waals surface area (Å²) in [6.45, 7) is 2.69. The molecule has 0 unspecified atom stereocenters. The Labute approximate surface area is 150 Å². The first-order valence-electron chi connectivity index (χ1n) is 8.20. The molecule has 3 heterocycles. The standard InChI is InChI=1S/C21H15ClN2O/c1-13-4-2-5-16-17(13)12-25-21(16)20-18-6-3-9-24(18)19-10-15(22)8-7-14(19)11-23-20/h2-10,12H,11H2,1H3. The molecule has 0 N–H and O–H groups in total. The van der Waals surface area contributed by atoms with Gasteiger partial charge < -0.3 is 8.98 Å². The van der Waals surface area contributed by atoms with Gasteiger partial charge in [0.2, 0.25) is 0 Å². The van der Waals surface area contributed by atoms with Crippen molar-refractivity contribution in [3.63, 3.8) is 0 Å². The normalized spacial score (nSPS) is 13.3. The molecular weight excluding hydrogens is 332 g/mol. The van der Waals surface area contributed by atoms with Crippen LogP contribution in [0.4, 0.5) is 0 Å². The Bertz CT molecular complexity index is 1150. The third-order valence-electron chi connectivity index (χ3n) is 4.78. The summed E-state index contributed by atoms with van der Waals surface area (Å²) in [4.78, 5) is 4.89. The Balaban J connectivity index is 1.77. The highest BCUT2D eigenvalue weighted by molar-refractivity contribution is 6.30. The summed E-state index contributed by atoms with van der Waals surface area (Å²) in [6, 6.07) is 16.3. The first kappa shape index (κ1) is 14.6. The first-order valence-corrected chi connectivity index (χ1v) is 8.58. The molecule has 25 heavy (non-hydrogen) atoms. The molecule has 0 saturated heterocycles. The lowest BCUT2D eigenvalue weighted by Crippen LogP contribution is -2.07. The molecule has 5 rings (SSSR count). The van der Waals surface area contributed by atoms with Gasteiger partial charge in [0.25, 0.3) is 0 Å². The number of nitrogens with zero attached hydrogens (tertiary/aromatic N) is 2. The van der Waals surface area contributed by atoms with Crippen LogP contribution >= 0.6 is 11.6 Å². The minimum absolute atomic E-state index is 0.595. The van der Waals surface area contributed by atoms with Gasteiger partial charge in [0, 0.05) is 22.0 Å². The van der Waals surface area contributed by atoms with Crippen molar-refractivity contribution in [1.29, 1.82) is 0 Å². The molecule has 0 fully saturated rings. The molecule has 3 nitrogen and oxygen atoms in total. The SMILES string of the molecule is Cc1cccc2c(C3=NCc4ccc(Cl)cc4-n4cccc43)occ12. The summed E-state index contributed by atoms with van der Waals surface area (Å²) in [5, 5.41) is 2.94. The van der Waals surface area contributed by atoms with Gasteiger partial charge in [0.05, 0.1) is 24.2 Å². The van der Waals surface area contributed by atoms with Crippen LogP contribution in [-0.2, 0) is 6.54 Å². The summed E-state index contributed by atoms with van der Waals surface area (Å²) in [5.41, 5.74) is 5.30. The van der Waals surface area contributed by atoms with Crippen molar-refractivity contribution >= 4 is 28.1 Å². The number of rotatable bonds is 1. The smallest absolute Gasteiger partial charge is 0.161 e. The second-order valence-electron chi connectivity index (χ2n) is 6.30. The van der Waals surface area contributed by atoms with Crippen molar-refractivity contribution in [3.8, 4) is 5.69 Å².